The minimum absolute atomic E-state index is 0.353. The fourth-order valence-corrected chi connectivity index (χ4v) is 2.81. The lowest BCUT2D eigenvalue weighted by Gasteiger charge is -2.12. The number of rotatable bonds is 3. The zero-order chi connectivity index (χ0) is 14.0. The summed E-state index contributed by atoms with van der Waals surface area (Å²) in [6, 6.07) is 10.7. The van der Waals surface area contributed by atoms with Crippen molar-refractivity contribution >= 4 is 55.1 Å². The fourth-order valence-electron chi connectivity index (χ4n) is 1.72. The van der Waals surface area contributed by atoms with Crippen LogP contribution in [0, 0.1) is 5.82 Å². The van der Waals surface area contributed by atoms with Gasteiger partial charge in [0.25, 0.3) is 0 Å². The zero-order valence-corrected chi connectivity index (χ0v) is 14.3. The summed E-state index contributed by atoms with van der Waals surface area (Å²) in [6.45, 7) is 0. The van der Waals surface area contributed by atoms with Crippen molar-refractivity contribution in [3.05, 3.63) is 67.3 Å². The summed E-state index contributed by atoms with van der Waals surface area (Å²) < 4.78 is 15.4. The Morgan fingerprint density at radius 1 is 1.11 bits per heavy atom. The van der Waals surface area contributed by atoms with Crippen molar-refractivity contribution < 1.29 is 4.39 Å². The highest BCUT2D eigenvalue weighted by Gasteiger charge is 2.16. The molecule has 0 aliphatic heterocycles. The molecule has 0 bridgehead atoms. The number of halogens is 5. The van der Waals surface area contributed by atoms with Gasteiger partial charge in [0, 0.05) is 14.5 Å². The SMILES string of the molecule is Fc1cc(Br)c(Cl)cc1C(Cl)Cc1ccc(Br)cc1. The number of hydrogen-bond donors (Lipinski definition) is 0. The van der Waals surface area contributed by atoms with Crippen LogP contribution < -0.4 is 0 Å². The molecule has 0 N–H and O–H groups in total. The molecule has 19 heavy (non-hydrogen) atoms. The first kappa shape index (κ1) is 15.3. The molecule has 0 nitrogen and oxygen atoms in total. The van der Waals surface area contributed by atoms with E-state index < -0.39 is 5.38 Å². The first-order chi connectivity index (χ1) is 8.97. The summed E-state index contributed by atoms with van der Waals surface area (Å²) in [5.74, 6) is -0.353. The molecule has 0 amide bonds. The van der Waals surface area contributed by atoms with Crippen molar-refractivity contribution in [1.82, 2.24) is 0 Å². The Labute approximate surface area is 138 Å². The van der Waals surface area contributed by atoms with Crippen LogP contribution in [0.1, 0.15) is 16.5 Å². The van der Waals surface area contributed by atoms with Gasteiger partial charge in [-0.15, -0.1) is 11.6 Å². The Balaban J connectivity index is 2.22. The molecule has 0 aromatic heterocycles. The van der Waals surface area contributed by atoms with Gasteiger partial charge < -0.3 is 0 Å². The van der Waals surface area contributed by atoms with Crippen molar-refractivity contribution in [1.29, 1.82) is 0 Å². The molecule has 0 spiro atoms. The topological polar surface area (TPSA) is 0 Å². The smallest absolute Gasteiger partial charge is 0.129 e. The standard InChI is InChI=1S/C14H9Br2Cl2F/c15-9-3-1-8(2-4-9)5-12(17)10-6-13(18)11(16)7-14(10)19/h1-4,6-7,12H,5H2. The van der Waals surface area contributed by atoms with Crippen LogP contribution >= 0.6 is 55.1 Å². The molecule has 0 heterocycles. The van der Waals surface area contributed by atoms with Crippen molar-refractivity contribution in [2.75, 3.05) is 0 Å². The van der Waals surface area contributed by atoms with Gasteiger partial charge in [0.1, 0.15) is 5.82 Å². The van der Waals surface area contributed by atoms with Gasteiger partial charge in [-0.3, -0.25) is 0 Å². The third-order valence-corrected chi connectivity index (χ3v) is 4.82. The van der Waals surface area contributed by atoms with E-state index in [-0.39, 0.29) is 5.82 Å². The van der Waals surface area contributed by atoms with Crippen molar-refractivity contribution in [2.24, 2.45) is 0 Å². The molecule has 0 saturated carbocycles. The van der Waals surface area contributed by atoms with E-state index in [4.69, 9.17) is 23.2 Å². The normalized spacial score (nSPS) is 12.5. The van der Waals surface area contributed by atoms with Gasteiger partial charge in [-0.05, 0) is 52.2 Å². The Kier molecular flexibility index (Phi) is 5.29. The molecule has 0 aliphatic carbocycles. The second kappa shape index (κ2) is 6.57. The molecular weight excluding hydrogens is 418 g/mol. The minimum atomic E-state index is -0.452. The van der Waals surface area contributed by atoms with Crippen LogP contribution in [0.2, 0.25) is 5.02 Å². The summed E-state index contributed by atoms with van der Waals surface area (Å²) in [5.41, 5.74) is 1.46. The molecule has 1 unspecified atom stereocenters. The average molecular weight is 427 g/mol. The van der Waals surface area contributed by atoms with E-state index in [0.29, 0.717) is 21.5 Å². The third-order valence-electron chi connectivity index (χ3n) is 2.71. The van der Waals surface area contributed by atoms with Gasteiger partial charge in [0.15, 0.2) is 0 Å². The number of benzene rings is 2. The molecule has 0 fully saturated rings. The molecule has 0 radical (unpaired) electrons. The Morgan fingerprint density at radius 2 is 1.74 bits per heavy atom. The van der Waals surface area contributed by atoms with Crippen LogP contribution in [-0.4, -0.2) is 0 Å². The lowest BCUT2D eigenvalue weighted by atomic mass is 10.0. The molecule has 0 saturated heterocycles. The molecule has 5 heteroatoms. The zero-order valence-electron chi connectivity index (χ0n) is 9.64. The number of hydrogen-bond acceptors (Lipinski definition) is 0. The van der Waals surface area contributed by atoms with Crippen molar-refractivity contribution in [3.63, 3.8) is 0 Å². The van der Waals surface area contributed by atoms with Gasteiger partial charge >= 0.3 is 0 Å². The van der Waals surface area contributed by atoms with E-state index in [0.717, 1.165) is 10.0 Å². The third kappa shape index (κ3) is 3.94. The minimum Gasteiger partial charge on any atom is -0.207 e. The van der Waals surface area contributed by atoms with Crippen LogP contribution in [0.4, 0.5) is 4.39 Å². The van der Waals surface area contributed by atoms with Gasteiger partial charge in [-0.1, -0.05) is 39.7 Å². The highest BCUT2D eigenvalue weighted by Crippen LogP contribution is 2.33. The maximum atomic E-state index is 13.9. The summed E-state index contributed by atoms with van der Waals surface area (Å²) in [4.78, 5) is 0. The Hall–Kier alpha value is -0.0900. The predicted octanol–water partition coefficient (Wildman–Crippen LogP) is 6.53. The van der Waals surface area contributed by atoms with Crippen LogP contribution in [0.3, 0.4) is 0 Å². The molecule has 2 aromatic rings. The predicted molar refractivity (Wildman–Crippen MR) is 85.6 cm³/mol. The van der Waals surface area contributed by atoms with E-state index >= 15 is 0 Å². The summed E-state index contributed by atoms with van der Waals surface area (Å²) in [7, 11) is 0. The first-order valence-corrected chi connectivity index (χ1v) is 7.90. The second-order valence-electron chi connectivity index (χ2n) is 4.09. The van der Waals surface area contributed by atoms with Gasteiger partial charge in [0.2, 0.25) is 0 Å². The molecular formula is C14H9Br2Cl2F. The quantitative estimate of drug-likeness (QED) is 0.387. The van der Waals surface area contributed by atoms with Crippen LogP contribution in [0.5, 0.6) is 0 Å². The maximum Gasteiger partial charge on any atom is 0.129 e. The Bertz CT molecular complexity index is 585. The Morgan fingerprint density at radius 3 is 2.37 bits per heavy atom. The fraction of sp³-hybridized carbons (Fsp3) is 0.143. The highest BCUT2D eigenvalue weighted by atomic mass is 79.9. The van der Waals surface area contributed by atoms with Gasteiger partial charge in [-0.2, -0.15) is 0 Å². The van der Waals surface area contributed by atoms with E-state index in [1.807, 2.05) is 24.3 Å². The van der Waals surface area contributed by atoms with Crippen molar-refractivity contribution in [3.8, 4) is 0 Å². The number of alkyl halides is 1. The van der Waals surface area contributed by atoms with E-state index in [1.165, 1.54) is 6.07 Å². The van der Waals surface area contributed by atoms with E-state index in [2.05, 4.69) is 31.9 Å². The largest absolute Gasteiger partial charge is 0.207 e. The highest BCUT2D eigenvalue weighted by molar-refractivity contribution is 9.10. The summed E-state index contributed by atoms with van der Waals surface area (Å²) >= 11 is 18.8. The molecule has 0 aliphatic rings. The van der Waals surface area contributed by atoms with Gasteiger partial charge in [0.05, 0.1) is 10.4 Å². The molecule has 2 rings (SSSR count). The summed E-state index contributed by atoms with van der Waals surface area (Å²) in [6.07, 6.45) is 0.545. The van der Waals surface area contributed by atoms with Gasteiger partial charge in [-0.25, -0.2) is 4.39 Å². The van der Waals surface area contributed by atoms with Crippen molar-refractivity contribution in [2.45, 2.75) is 11.8 Å². The van der Waals surface area contributed by atoms with Crippen LogP contribution in [0.15, 0.2) is 45.3 Å². The first-order valence-electron chi connectivity index (χ1n) is 5.50. The van der Waals surface area contributed by atoms with E-state index in [9.17, 15) is 4.39 Å². The molecule has 100 valence electrons. The average Bonchev–Trinajstić information content (AvgIpc) is 2.36. The van der Waals surface area contributed by atoms with Crippen LogP contribution in [0.25, 0.3) is 0 Å². The monoisotopic (exact) mass is 424 g/mol. The van der Waals surface area contributed by atoms with Crippen LogP contribution in [-0.2, 0) is 6.42 Å². The second-order valence-corrected chi connectivity index (χ2v) is 6.79. The lowest BCUT2D eigenvalue weighted by Crippen LogP contribution is -1.99. The molecule has 1 atom stereocenters. The summed E-state index contributed by atoms with van der Waals surface area (Å²) in [5, 5.41) is 0.00429. The maximum absolute atomic E-state index is 13.9. The molecule has 2 aromatic carbocycles. The lowest BCUT2D eigenvalue weighted by molar-refractivity contribution is 0.605. The van der Waals surface area contributed by atoms with E-state index in [1.54, 1.807) is 6.07 Å².